The van der Waals surface area contributed by atoms with Crippen molar-refractivity contribution in [3.05, 3.63) is 30.1 Å². The van der Waals surface area contributed by atoms with Crippen LogP contribution in [0.15, 0.2) is 24.5 Å². The van der Waals surface area contributed by atoms with Crippen LogP contribution in [0.3, 0.4) is 0 Å². The lowest BCUT2D eigenvalue weighted by Gasteiger charge is -2.16. The van der Waals surface area contributed by atoms with Crippen molar-refractivity contribution in [3.8, 4) is 0 Å². The predicted molar refractivity (Wildman–Crippen MR) is 57.7 cm³/mol. The van der Waals surface area contributed by atoms with Crippen molar-refractivity contribution in [3.63, 3.8) is 0 Å². The van der Waals surface area contributed by atoms with E-state index in [1.165, 1.54) is 0 Å². The molecule has 1 heterocycles. The minimum Gasteiger partial charge on any atom is -0.320 e. The van der Waals surface area contributed by atoms with E-state index in [-0.39, 0.29) is 5.91 Å². The maximum Gasteiger partial charge on any atom is 0.251 e. The molecule has 1 amide bonds. The molecular formula is C10H16N4O. The van der Waals surface area contributed by atoms with E-state index < -0.39 is 6.04 Å². The second kappa shape index (κ2) is 5.43. The number of amides is 1. The first-order chi connectivity index (χ1) is 7.09. The van der Waals surface area contributed by atoms with Crippen LogP contribution < -0.4 is 11.2 Å². The van der Waals surface area contributed by atoms with Crippen molar-refractivity contribution >= 4 is 5.91 Å². The summed E-state index contributed by atoms with van der Waals surface area (Å²) >= 11 is 0. The Balaban J connectivity index is 2.49. The van der Waals surface area contributed by atoms with Gasteiger partial charge in [0.15, 0.2) is 0 Å². The van der Waals surface area contributed by atoms with Crippen molar-refractivity contribution in [2.45, 2.75) is 12.5 Å². The molecule has 3 N–H and O–H groups in total. The Labute approximate surface area is 89.3 Å². The molecule has 5 nitrogen and oxygen atoms in total. The smallest absolute Gasteiger partial charge is 0.251 e. The zero-order chi connectivity index (χ0) is 11.3. The summed E-state index contributed by atoms with van der Waals surface area (Å²) in [6, 6.07) is 3.17. The summed E-state index contributed by atoms with van der Waals surface area (Å²) in [6.07, 6.45) is 3.89. The Morgan fingerprint density at radius 1 is 1.53 bits per heavy atom. The number of aromatic nitrogens is 1. The number of nitrogens with one attached hydrogen (secondary N) is 1. The molecule has 1 rings (SSSR count). The molecule has 0 bridgehead atoms. The zero-order valence-electron chi connectivity index (χ0n) is 8.97. The van der Waals surface area contributed by atoms with E-state index in [1.807, 2.05) is 12.1 Å². The third-order valence-corrected chi connectivity index (χ3v) is 1.88. The molecule has 0 aliphatic carbocycles. The van der Waals surface area contributed by atoms with Gasteiger partial charge in [-0.15, -0.1) is 0 Å². The van der Waals surface area contributed by atoms with Crippen molar-refractivity contribution in [2.24, 2.45) is 5.73 Å². The van der Waals surface area contributed by atoms with Gasteiger partial charge >= 0.3 is 0 Å². The van der Waals surface area contributed by atoms with E-state index in [4.69, 9.17) is 5.73 Å². The van der Waals surface area contributed by atoms with E-state index in [1.54, 1.807) is 31.5 Å². The summed E-state index contributed by atoms with van der Waals surface area (Å²) in [5, 5.41) is 1.58. The molecule has 1 atom stereocenters. The predicted octanol–water partition coefficient (Wildman–Crippen LogP) is -0.456. The lowest BCUT2D eigenvalue weighted by atomic mass is 10.1. The Morgan fingerprint density at radius 3 is 2.67 bits per heavy atom. The fraction of sp³-hybridized carbons (Fsp3) is 0.400. The lowest BCUT2D eigenvalue weighted by Crippen LogP contribution is -2.47. The van der Waals surface area contributed by atoms with E-state index >= 15 is 0 Å². The molecule has 0 aliphatic rings. The average Bonchev–Trinajstić information content (AvgIpc) is 2.18. The maximum absolute atomic E-state index is 11.5. The first kappa shape index (κ1) is 11.6. The summed E-state index contributed by atoms with van der Waals surface area (Å²) in [5.74, 6) is -0.184. The van der Waals surface area contributed by atoms with Crippen LogP contribution in [0.1, 0.15) is 5.56 Å². The van der Waals surface area contributed by atoms with Crippen molar-refractivity contribution in [1.82, 2.24) is 15.4 Å². The quantitative estimate of drug-likeness (QED) is 0.657. The van der Waals surface area contributed by atoms with Gasteiger partial charge in [-0.25, -0.2) is 5.01 Å². The van der Waals surface area contributed by atoms with Crippen LogP contribution in [0.25, 0.3) is 0 Å². The number of nitrogens with zero attached hydrogens (tertiary/aromatic N) is 2. The largest absolute Gasteiger partial charge is 0.320 e. The van der Waals surface area contributed by atoms with Crippen molar-refractivity contribution < 1.29 is 4.79 Å². The van der Waals surface area contributed by atoms with E-state index in [9.17, 15) is 4.79 Å². The topological polar surface area (TPSA) is 71.2 Å². The molecule has 82 valence electrons. The third-order valence-electron chi connectivity index (χ3n) is 1.88. The van der Waals surface area contributed by atoms with Gasteiger partial charge in [0.1, 0.15) is 0 Å². The number of pyridine rings is 1. The lowest BCUT2D eigenvalue weighted by molar-refractivity contribution is -0.126. The van der Waals surface area contributed by atoms with Gasteiger partial charge in [0.2, 0.25) is 0 Å². The normalized spacial score (nSPS) is 12.5. The number of hydrogen-bond acceptors (Lipinski definition) is 4. The molecular weight excluding hydrogens is 192 g/mol. The molecule has 0 fully saturated rings. The minimum absolute atomic E-state index is 0.184. The minimum atomic E-state index is -0.533. The maximum atomic E-state index is 11.5. The second-order valence-corrected chi connectivity index (χ2v) is 3.54. The van der Waals surface area contributed by atoms with Gasteiger partial charge in [0.25, 0.3) is 5.91 Å². The monoisotopic (exact) mass is 208 g/mol. The molecule has 0 radical (unpaired) electrons. The first-order valence-corrected chi connectivity index (χ1v) is 4.72. The second-order valence-electron chi connectivity index (χ2n) is 3.54. The van der Waals surface area contributed by atoms with Crippen LogP contribution in [-0.2, 0) is 11.2 Å². The number of carbonyl (C=O) groups excluding carboxylic acids is 1. The summed E-state index contributed by atoms with van der Waals surface area (Å²) in [4.78, 5) is 15.4. The summed E-state index contributed by atoms with van der Waals surface area (Å²) < 4.78 is 0. The molecule has 0 spiro atoms. The molecule has 0 saturated heterocycles. The van der Waals surface area contributed by atoms with Crippen LogP contribution in [0, 0.1) is 0 Å². The van der Waals surface area contributed by atoms with Crippen LogP contribution >= 0.6 is 0 Å². The SMILES string of the molecule is CN(C)NC(=O)C(N)Cc1ccncc1. The number of hydrogen-bond donors (Lipinski definition) is 2. The first-order valence-electron chi connectivity index (χ1n) is 4.72. The molecule has 0 saturated carbocycles. The molecule has 0 aliphatic heterocycles. The Morgan fingerprint density at radius 2 is 2.13 bits per heavy atom. The molecule has 1 aromatic rings. The highest BCUT2D eigenvalue weighted by molar-refractivity contribution is 5.81. The van der Waals surface area contributed by atoms with Crippen LogP contribution in [-0.4, -0.2) is 36.0 Å². The summed E-state index contributed by atoms with van der Waals surface area (Å²) in [7, 11) is 3.49. The van der Waals surface area contributed by atoms with E-state index in [2.05, 4.69) is 10.4 Å². The summed E-state index contributed by atoms with van der Waals surface area (Å²) in [5.41, 5.74) is 9.36. The zero-order valence-corrected chi connectivity index (χ0v) is 8.97. The third kappa shape index (κ3) is 4.05. The summed E-state index contributed by atoms with van der Waals surface area (Å²) in [6.45, 7) is 0. The Bertz CT molecular complexity index is 312. The van der Waals surface area contributed by atoms with Gasteiger partial charge in [-0.3, -0.25) is 15.2 Å². The van der Waals surface area contributed by atoms with Gasteiger partial charge in [-0.2, -0.15) is 0 Å². The van der Waals surface area contributed by atoms with Crippen LogP contribution in [0.4, 0.5) is 0 Å². The van der Waals surface area contributed by atoms with Gasteiger partial charge in [0, 0.05) is 26.5 Å². The van der Waals surface area contributed by atoms with Gasteiger partial charge in [-0.05, 0) is 24.1 Å². The van der Waals surface area contributed by atoms with Gasteiger partial charge < -0.3 is 5.73 Å². The number of hydrazine groups is 1. The standard InChI is InChI=1S/C10H16N4O/c1-14(2)13-10(15)9(11)7-8-3-5-12-6-4-8/h3-6,9H,7,11H2,1-2H3,(H,13,15). The molecule has 15 heavy (non-hydrogen) atoms. The highest BCUT2D eigenvalue weighted by atomic mass is 16.2. The van der Waals surface area contributed by atoms with Crippen molar-refractivity contribution in [2.75, 3.05) is 14.1 Å². The van der Waals surface area contributed by atoms with E-state index in [0.29, 0.717) is 6.42 Å². The van der Waals surface area contributed by atoms with Crippen LogP contribution in [0.5, 0.6) is 0 Å². The van der Waals surface area contributed by atoms with Gasteiger partial charge in [-0.1, -0.05) is 0 Å². The highest BCUT2D eigenvalue weighted by Crippen LogP contribution is 2.00. The number of nitrogens with two attached hydrogens (primary N) is 1. The molecule has 1 aromatic heterocycles. The fourth-order valence-electron chi connectivity index (χ4n) is 1.17. The van der Waals surface area contributed by atoms with Gasteiger partial charge in [0.05, 0.1) is 6.04 Å². The van der Waals surface area contributed by atoms with E-state index in [0.717, 1.165) is 5.56 Å². The van der Waals surface area contributed by atoms with Crippen molar-refractivity contribution in [1.29, 1.82) is 0 Å². The molecule has 5 heteroatoms. The van der Waals surface area contributed by atoms with Crippen LogP contribution in [0.2, 0.25) is 0 Å². The number of carbonyl (C=O) groups is 1. The molecule has 0 aromatic carbocycles. The Kier molecular flexibility index (Phi) is 4.20. The molecule has 1 unspecified atom stereocenters. The number of rotatable bonds is 4. The fourth-order valence-corrected chi connectivity index (χ4v) is 1.17. The Hall–Kier alpha value is -1.46. The highest BCUT2D eigenvalue weighted by Gasteiger charge is 2.13. The average molecular weight is 208 g/mol.